The number of nitrogens with one attached hydrogen (secondary N) is 1. The molecular formula is C15H23N3O3S. The first-order valence-corrected chi connectivity index (χ1v) is 8.56. The van der Waals surface area contributed by atoms with Gasteiger partial charge in [0.25, 0.3) is 5.91 Å². The Morgan fingerprint density at radius 2 is 1.86 bits per heavy atom. The van der Waals surface area contributed by atoms with Crippen LogP contribution < -0.4 is 5.43 Å². The second kappa shape index (κ2) is 8.05. The summed E-state index contributed by atoms with van der Waals surface area (Å²) in [5.74, 6) is -0.464. The molecule has 0 fully saturated rings. The van der Waals surface area contributed by atoms with E-state index in [9.17, 15) is 13.2 Å². The highest BCUT2D eigenvalue weighted by Gasteiger charge is 2.22. The summed E-state index contributed by atoms with van der Waals surface area (Å²) in [5.41, 5.74) is 4.15. The molecule has 0 unspecified atom stereocenters. The van der Waals surface area contributed by atoms with E-state index in [1.165, 1.54) is 19.2 Å². The predicted molar refractivity (Wildman–Crippen MR) is 87.2 cm³/mol. The van der Waals surface area contributed by atoms with Crippen molar-refractivity contribution in [3.05, 3.63) is 29.8 Å². The molecule has 7 heteroatoms. The van der Waals surface area contributed by atoms with Gasteiger partial charge in [-0.15, -0.1) is 0 Å². The first kappa shape index (κ1) is 18.3. The highest BCUT2D eigenvalue weighted by atomic mass is 32.2. The van der Waals surface area contributed by atoms with Crippen molar-refractivity contribution < 1.29 is 13.2 Å². The largest absolute Gasteiger partial charge is 0.272 e. The molecule has 0 aliphatic rings. The number of rotatable bonds is 7. The third kappa shape index (κ3) is 5.23. The van der Waals surface area contributed by atoms with Crippen LogP contribution in [0.15, 0.2) is 34.3 Å². The van der Waals surface area contributed by atoms with Crippen molar-refractivity contribution >= 4 is 21.6 Å². The fourth-order valence-electron chi connectivity index (χ4n) is 1.79. The van der Waals surface area contributed by atoms with Gasteiger partial charge in [0, 0.05) is 12.8 Å². The quantitative estimate of drug-likeness (QED) is 0.614. The Hall–Kier alpha value is -1.73. The molecule has 0 saturated carbocycles. The lowest BCUT2D eigenvalue weighted by atomic mass is 10.2. The van der Waals surface area contributed by atoms with Gasteiger partial charge < -0.3 is 0 Å². The van der Waals surface area contributed by atoms with Gasteiger partial charge in [0.2, 0.25) is 10.0 Å². The zero-order chi connectivity index (χ0) is 16.8. The minimum Gasteiger partial charge on any atom is -0.272 e. The maximum atomic E-state index is 12.3. The van der Waals surface area contributed by atoms with Crippen LogP contribution in [0.25, 0.3) is 0 Å². The van der Waals surface area contributed by atoms with Crippen LogP contribution in [0.5, 0.6) is 0 Å². The van der Waals surface area contributed by atoms with Crippen LogP contribution in [-0.2, 0) is 14.8 Å². The van der Waals surface area contributed by atoms with Gasteiger partial charge in [-0.25, -0.2) is 13.8 Å². The molecule has 0 atom stereocenters. The zero-order valence-corrected chi connectivity index (χ0v) is 14.3. The predicted octanol–water partition coefficient (Wildman–Crippen LogP) is 1.91. The monoisotopic (exact) mass is 325 g/mol. The summed E-state index contributed by atoms with van der Waals surface area (Å²) in [6.45, 7) is 5.43. The van der Waals surface area contributed by atoms with Gasteiger partial charge in [-0.1, -0.05) is 31.0 Å². The number of amides is 1. The third-order valence-corrected chi connectivity index (χ3v) is 4.90. The number of benzene rings is 1. The van der Waals surface area contributed by atoms with Gasteiger partial charge in [-0.05, 0) is 32.4 Å². The van der Waals surface area contributed by atoms with Crippen molar-refractivity contribution in [1.29, 1.82) is 0 Å². The van der Waals surface area contributed by atoms with Crippen molar-refractivity contribution in [2.24, 2.45) is 5.10 Å². The number of nitrogens with zero attached hydrogens (tertiary/aromatic N) is 2. The number of hydrogen-bond donors (Lipinski definition) is 1. The zero-order valence-electron chi connectivity index (χ0n) is 13.5. The Balaban J connectivity index is 2.71. The molecular weight excluding hydrogens is 302 g/mol. The number of sulfonamides is 1. The number of aryl methyl sites for hydroxylation is 1. The minimum absolute atomic E-state index is 0.166. The molecule has 0 bridgehead atoms. The van der Waals surface area contributed by atoms with Gasteiger partial charge in [-0.3, -0.25) is 4.79 Å². The lowest BCUT2D eigenvalue weighted by Gasteiger charge is -2.16. The number of carbonyl (C=O) groups is 1. The molecule has 1 aromatic rings. The standard InChI is InChI=1S/C15H23N3O3S/c1-5-6-13(3)16-17-15(19)11-18(4)22(20,21)14-9-7-12(2)8-10-14/h7-10H,5-6,11H2,1-4H3,(H,17,19)/b16-13-. The van der Waals surface area contributed by atoms with Crippen LogP contribution in [0.4, 0.5) is 0 Å². The molecule has 0 aliphatic heterocycles. The van der Waals surface area contributed by atoms with E-state index >= 15 is 0 Å². The Morgan fingerprint density at radius 3 is 2.41 bits per heavy atom. The van der Waals surface area contributed by atoms with E-state index in [1.54, 1.807) is 12.1 Å². The summed E-state index contributed by atoms with van der Waals surface area (Å²) >= 11 is 0. The van der Waals surface area contributed by atoms with E-state index in [4.69, 9.17) is 0 Å². The molecule has 1 rings (SSSR count). The average Bonchev–Trinajstić information content (AvgIpc) is 2.46. The average molecular weight is 325 g/mol. The molecule has 0 saturated heterocycles. The van der Waals surface area contributed by atoms with E-state index in [0.717, 1.165) is 28.4 Å². The van der Waals surface area contributed by atoms with E-state index < -0.39 is 15.9 Å². The molecule has 1 aromatic carbocycles. The minimum atomic E-state index is -3.68. The van der Waals surface area contributed by atoms with Gasteiger partial charge >= 0.3 is 0 Å². The number of likely N-dealkylation sites (N-methyl/N-ethyl adjacent to an activating group) is 1. The molecule has 122 valence electrons. The number of hydrazone groups is 1. The maximum absolute atomic E-state index is 12.3. The Kier molecular flexibility index (Phi) is 6.70. The first-order chi connectivity index (χ1) is 10.3. The van der Waals surface area contributed by atoms with E-state index in [1.807, 2.05) is 20.8 Å². The van der Waals surface area contributed by atoms with Crippen LogP contribution in [0, 0.1) is 6.92 Å². The molecule has 0 aromatic heterocycles. The summed E-state index contributed by atoms with van der Waals surface area (Å²) in [4.78, 5) is 11.9. The second-order valence-electron chi connectivity index (χ2n) is 5.21. The van der Waals surface area contributed by atoms with Crippen molar-refractivity contribution in [1.82, 2.24) is 9.73 Å². The van der Waals surface area contributed by atoms with E-state index in [0.29, 0.717) is 0 Å². The normalized spacial score (nSPS) is 12.5. The fraction of sp³-hybridized carbons (Fsp3) is 0.467. The Labute approximate surface area is 132 Å². The van der Waals surface area contributed by atoms with Gasteiger partial charge in [0.1, 0.15) is 0 Å². The van der Waals surface area contributed by atoms with Gasteiger partial charge in [-0.2, -0.15) is 9.41 Å². The van der Waals surface area contributed by atoms with Gasteiger partial charge in [0.05, 0.1) is 11.4 Å². The summed E-state index contributed by atoms with van der Waals surface area (Å²) < 4.78 is 25.7. The van der Waals surface area contributed by atoms with Crippen LogP contribution in [-0.4, -0.2) is 37.9 Å². The molecule has 6 nitrogen and oxygen atoms in total. The maximum Gasteiger partial charge on any atom is 0.255 e. The number of carbonyl (C=O) groups excluding carboxylic acids is 1. The van der Waals surface area contributed by atoms with Crippen molar-refractivity contribution in [2.75, 3.05) is 13.6 Å². The van der Waals surface area contributed by atoms with Crippen LogP contribution in [0.2, 0.25) is 0 Å². The summed E-state index contributed by atoms with van der Waals surface area (Å²) in [6.07, 6.45) is 1.73. The molecule has 0 radical (unpaired) electrons. The second-order valence-corrected chi connectivity index (χ2v) is 7.25. The smallest absolute Gasteiger partial charge is 0.255 e. The Bertz CT molecular complexity index is 637. The molecule has 0 heterocycles. The lowest BCUT2D eigenvalue weighted by molar-refractivity contribution is -0.121. The third-order valence-electron chi connectivity index (χ3n) is 3.08. The van der Waals surface area contributed by atoms with E-state index in [-0.39, 0.29) is 11.4 Å². The molecule has 1 amide bonds. The Morgan fingerprint density at radius 1 is 1.27 bits per heavy atom. The van der Waals surface area contributed by atoms with Crippen molar-refractivity contribution in [2.45, 2.75) is 38.5 Å². The topological polar surface area (TPSA) is 78.8 Å². The van der Waals surface area contributed by atoms with Crippen LogP contribution >= 0.6 is 0 Å². The first-order valence-electron chi connectivity index (χ1n) is 7.12. The molecule has 0 spiro atoms. The van der Waals surface area contributed by atoms with Gasteiger partial charge in [0.15, 0.2) is 0 Å². The summed E-state index contributed by atoms with van der Waals surface area (Å²) in [5, 5.41) is 3.93. The molecule has 1 N–H and O–H groups in total. The fourth-order valence-corrected chi connectivity index (χ4v) is 2.92. The highest BCUT2D eigenvalue weighted by Crippen LogP contribution is 2.14. The SMILES string of the molecule is CCC/C(C)=N\NC(=O)CN(C)S(=O)(=O)c1ccc(C)cc1. The lowest BCUT2D eigenvalue weighted by Crippen LogP contribution is -2.36. The highest BCUT2D eigenvalue weighted by molar-refractivity contribution is 7.89. The van der Waals surface area contributed by atoms with Crippen molar-refractivity contribution in [3.8, 4) is 0 Å². The molecule has 22 heavy (non-hydrogen) atoms. The number of hydrogen-bond acceptors (Lipinski definition) is 4. The van der Waals surface area contributed by atoms with Crippen molar-refractivity contribution in [3.63, 3.8) is 0 Å². The summed E-state index contributed by atoms with van der Waals surface area (Å²) in [6, 6.07) is 6.50. The summed E-state index contributed by atoms with van der Waals surface area (Å²) in [7, 11) is -2.30. The van der Waals surface area contributed by atoms with Crippen LogP contribution in [0.3, 0.4) is 0 Å². The van der Waals surface area contributed by atoms with E-state index in [2.05, 4.69) is 10.5 Å². The van der Waals surface area contributed by atoms with Crippen LogP contribution in [0.1, 0.15) is 32.3 Å². The molecule has 0 aliphatic carbocycles.